The summed E-state index contributed by atoms with van der Waals surface area (Å²) in [6, 6.07) is 18.4. The molecule has 0 saturated carbocycles. The lowest BCUT2D eigenvalue weighted by Gasteiger charge is -2.18. The molecule has 1 nitrogen and oxygen atoms in total. The van der Waals surface area contributed by atoms with Crippen LogP contribution >= 0.6 is 34.2 Å². The van der Waals surface area contributed by atoms with Crippen LogP contribution in [-0.4, -0.2) is 0 Å². The van der Waals surface area contributed by atoms with Gasteiger partial charge in [-0.25, -0.2) is 0 Å². The third-order valence-electron chi connectivity index (χ3n) is 4.59. The second-order valence-corrected chi connectivity index (χ2v) is 8.22. The monoisotopic (exact) mass is 497 g/mol. The van der Waals surface area contributed by atoms with E-state index in [2.05, 4.69) is 41.9 Å². The number of alkyl halides is 3. The molecule has 0 unspecified atom stereocenters. The van der Waals surface area contributed by atoms with E-state index in [1.807, 2.05) is 33.4 Å². The third kappa shape index (κ3) is 3.29. The summed E-state index contributed by atoms with van der Waals surface area (Å²) in [7, 11) is 0. The van der Waals surface area contributed by atoms with Crippen molar-refractivity contribution in [2.45, 2.75) is 19.5 Å². The number of anilines is 2. The van der Waals surface area contributed by atoms with Gasteiger partial charge in [0.05, 0.1) is 44.5 Å². The lowest BCUT2D eigenvalue weighted by atomic mass is 10.1. The van der Waals surface area contributed by atoms with Gasteiger partial charge in [-0.1, -0.05) is 43.3 Å². The first-order chi connectivity index (χ1) is 12.9. The quantitative estimate of drug-likeness (QED) is 0.204. The van der Waals surface area contributed by atoms with Gasteiger partial charge in [0.25, 0.3) is 0 Å². The van der Waals surface area contributed by atoms with E-state index in [1.165, 1.54) is 23.0 Å². The molecule has 0 saturated heterocycles. The molecule has 4 aromatic rings. The molecule has 6 heteroatoms. The maximum atomic E-state index is 13.4. The number of nitrogens with zero attached hydrogens (tertiary/aromatic N) is 1. The third-order valence-corrected chi connectivity index (χ3v) is 6.95. The summed E-state index contributed by atoms with van der Waals surface area (Å²) in [5.74, 6) is 0. The van der Waals surface area contributed by atoms with Crippen molar-refractivity contribution in [1.82, 2.24) is 0 Å². The summed E-state index contributed by atoms with van der Waals surface area (Å²) < 4.78 is 43.5. The van der Waals surface area contributed by atoms with Crippen molar-refractivity contribution in [1.29, 1.82) is 0 Å². The molecule has 0 radical (unpaired) electrons. The smallest absolute Gasteiger partial charge is 0.282 e. The highest BCUT2D eigenvalue weighted by atomic mass is 127. The molecule has 1 aromatic heterocycles. The normalized spacial score (nSPS) is 12.0. The maximum Gasteiger partial charge on any atom is 0.417 e. The van der Waals surface area contributed by atoms with Crippen molar-refractivity contribution in [3.8, 4) is 0 Å². The van der Waals surface area contributed by atoms with Crippen LogP contribution in [0.1, 0.15) is 18.1 Å². The van der Waals surface area contributed by atoms with Crippen molar-refractivity contribution < 1.29 is 13.2 Å². The molecule has 138 valence electrons. The Hall–Kier alpha value is -1.80. The first-order valence-electron chi connectivity index (χ1n) is 8.46. The van der Waals surface area contributed by atoms with Gasteiger partial charge in [0, 0.05) is 15.5 Å². The van der Waals surface area contributed by atoms with Gasteiger partial charge in [-0.05, 0) is 36.2 Å². The molecule has 1 heterocycles. The molecule has 0 spiro atoms. The molecule has 0 bridgehead atoms. The molecule has 0 aliphatic rings. The zero-order chi connectivity index (χ0) is 19.2. The summed E-state index contributed by atoms with van der Waals surface area (Å²) in [5, 5.41) is 1.50. The zero-order valence-electron chi connectivity index (χ0n) is 14.3. The van der Waals surface area contributed by atoms with Gasteiger partial charge in [0.2, 0.25) is 0 Å². The van der Waals surface area contributed by atoms with Gasteiger partial charge in [0.15, 0.2) is 0 Å². The van der Waals surface area contributed by atoms with Gasteiger partial charge in [-0.3, -0.25) is 3.11 Å². The molecule has 0 fully saturated rings. The van der Waals surface area contributed by atoms with E-state index in [0.29, 0.717) is 10.1 Å². The van der Waals surface area contributed by atoms with Crippen LogP contribution in [0.25, 0.3) is 20.2 Å². The van der Waals surface area contributed by atoms with Gasteiger partial charge >= 0.3 is 6.18 Å². The Morgan fingerprint density at radius 3 is 2.15 bits per heavy atom. The molecule has 0 aliphatic heterocycles. The summed E-state index contributed by atoms with van der Waals surface area (Å²) in [4.78, 5) is 0. The SMILES string of the molecule is CCc1ccc(N(I)c2cccc3c2sc2c(C(F)(F)F)cccc23)cc1. The number of rotatable bonds is 3. The summed E-state index contributed by atoms with van der Waals surface area (Å²) >= 11 is 3.42. The Morgan fingerprint density at radius 1 is 0.889 bits per heavy atom. The molecule has 0 N–H and O–H groups in total. The minimum absolute atomic E-state index is 0.290. The highest BCUT2D eigenvalue weighted by Crippen LogP contribution is 2.46. The molecular formula is C21H15F3INS. The zero-order valence-corrected chi connectivity index (χ0v) is 17.3. The van der Waals surface area contributed by atoms with Crippen LogP contribution in [0.5, 0.6) is 0 Å². The second kappa shape index (κ2) is 6.98. The Morgan fingerprint density at radius 2 is 1.52 bits per heavy atom. The predicted octanol–water partition coefficient (Wildman–Crippen LogP) is 8.12. The Balaban J connectivity index is 1.91. The van der Waals surface area contributed by atoms with Crippen LogP contribution in [0.2, 0.25) is 0 Å². The summed E-state index contributed by atoms with van der Waals surface area (Å²) in [6.45, 7) is 2.10. The number of benzene rings is 3. The van der Waals surface area contributed by atoms with E-state index in [9.17, 15) is 13.2 Å². The molecule has 27 heavy (non-hydrogen) atoms. The first kappa shape index (κ1) is 18.6. The highest BCUT2D eigenvalue weighted by Gasteiger charge is 2.33. The molecule has 3 aromatic carbocycles. The topological polar surface area (TPSA) is 3.24 Å². The highest BCUT2D eigenvalue weighted by molar-refractivity contribution is 14.1. The average Bonchev–Trinajstić information content (AvgIpc) is 3.05. The fraction of sp³-hybridized carbons (Fsp3) is 0.143. The molecule has 0 atom stereocenters. The van der Waals surface area contributed by atoms with Gasteiger partial charge in [-0.2, -0.15) is 13.2 Å². The lowest BCUT2D eigenvalue weighted by molar-refractivity contribution is -0.136. The van der Waals surface area contributed by atoms with E-state index in [1.54, 1.807) is 6.07 Å². The van der Waals surface area contributed by atoms with Gasteiger partial charge < -0.3 is 0 Å². The van der Waals surface area contributed by atoms with E-state index >= 15 is 0 Å². The number of thiophene rings is 1. The van der Waals surface area contributed by atoms with Crippen molar-refractivity contribution in [2.24, 2.45) is 0 Å². The number of halogens is 4. The van der Waals surface area contributed by atoms with E-state index in [4.69, 9.17) is 0 Å². The Bertz CT molecular complexity index is 1120. The van der Waals surface area contributed by atoms with E-state index in [-0.39, 0.29) is 0 Å². The standard InChI is InChI=1S/C21H15F3INS/c1-2-13-9-11-14(12-10-13)26(25)18-8-4-6-16-15-5-3-7-17(21(22,23)24)19(15)27-20(16)18/h3-12H,2H2,1H3. The number of aryl methyl sites for hydroxylation is 1. The van der Waals surface area contributed by atoms with Crippen LogP contribution in [0.15, 0.2) is 60.7 Å². The summed E-state index contributed by atoms with van der Waals surface area (Å²) in [6.07, 6.45) is -3.39. The predicted molar refractivity (Wildman–Crippen MR) is 116 cm³/mol. The van der Waals surface area contributed by atoms with Crippen molar-refractivity contribution >= 4 is 65.7 Å². The van der Waals surface area contributed by atoms with Gasteiger partial charge in [-0.15, -0.1) is 11.3 Å². The van der Waals surface area contributed by atoms with Crippen molar-refractivity contribution in [2.75, 3.05) is 3.11 Å². The molecule has 0 amide bonds. The lowest BCUT2D eigenvalue weighted by Crippen LogP contribution is -2.04. The number of hydrogen-bond donors (Lipinski definition) is 0. The fourth-order valence-electron chi connectivity index (χ4n) is 3.18. The maximum absolute atomic E-state index is 13.4. The van der Waals surface area contributed by atoms with Gasteiger partial charge in [0.1, 0.15) is 0 Å². The largest absolute Gasteiger partial charge is 0.417 e. The summed E-state index contributed by atoms with van der Waals surface area (Å²) in [5.41, 5.74) is 2.57. The van der Waals surface area contributed by atoms with Crippen molar-refractivity contribution in [3.05, 3.63) is 71.8 Å². The number of fused-ring (bicyclic) bond motifs is 3. The van der Waals surface area contributed by atoms with Crippen LogP contribution in [0.3, 0.4) is 0 Å². The fourth-order valence-corrected chi connectivity index (χ4v) is 5.41. The minimum atomic E-state index is -4.36. The van der Waals surface area contributed by atoms with E-state index in [0.717, 1.165) is 33.9 Å². The molecule has 4 rings (SSSR count). The van der Waals surface area contributed by atoms with Crippen molar-refractivity contribution in [3.63, 3.8) is 0 Å². The molecular weight excluding hydrogens is 482 g/mol. The van der Waals surface area contributed by atoms with Crippen LogP contribution in [0, 0.1) is 0 Å². The van der Waals surface area contributed by atoms with Crippen LogP contribution in [-0.2, 0) is 12.6 Å². The molecule has 0 aliphatic carbocycles. The second-order valence-electron chi connectivity index (χ2n) is 6.24. The number of hydrogen-bond acceptors (Lipinski definition) is 2. The Kier molecular flexibility index (Phi) is 4.80. The minimum Gasteiger partial charge on any atom is -0.282 e. The van der Waals surface area contributed by atoms with Crippen LogP contribution < -0.4 is 3.11 Å². The first-order valence-corrected chi connectivity index (χ1v) is 10.2. The van der Waals surface area contributed by atoms with Crippen LogP contribution in [0.4, 0.5) is 24.5 Å². The Labute approximate surface area is 172 Å². The average molecular weight is 497 g/mol. The van der Waals surface area contributed by atoms with E-state index < -0.39 is 11.7 Å².